The Labute approximate surface area is 210 Å². The molecule has 0 aliphatic carbocycles. The smallest absolute Gasteiger partial charge is 0.333 e. The van der Waals surface area contributed by atoms with Gasteiger partial charge in [0.1, 0.15) is 13.2 Å². The van der Waals surface area contributed by atoms with Gasteiger partial charge in [0, 0.05) is 11.8 Å². The van der Waals surface area contributed by atoms with Gasteiger partial charge in [0.05, 0.1) is 22.7 Å². The molecule has 0 spiro atoms. The summed E-state index contributed by atoms with van der Waals surface area (Å²) in [5.74, 6) is 0.639. The first kappa shape index (κ1) is 23.7. The highest BCUT2D eigenvalue weighted by atomic mass is 35.5. The number of aromatic nitrogens is 1. The number of nitrogens with one attached hydrogen (secondary N) is 1. The van der Waals surface area contributed by atoms with E-state index in [2.05, 4.69) is 15.5 Å². The number of anilines is 2. The summed E-state index contributed by atoms with van der Waals surface area (Å²) < 4.78 is 16.8. The summed E-state index contributed by atoms with van der Waals surface area (Å²) in [6.45, 7) is 1.74. The van der Waals surface area contributed by atoms with E-state index in [0.717, 1.165) is 11.1 Å². The number of halogens is 1. The zero-order valence-electron chi connectivity index (χ0n) is 19.2. The summed E-state index contributed by atoms with van der Waals surface area (Å²) >= 11 is 6.76. The molecule has 0 fully saturated rings. The lowest BCUT2D eigenvalue weighted by Crippen LogP contribution is -2.37. The maximum atomic E-state index is 11.3. The molecule has 184 valence electrons. The van der Waals surface area contributed by atoms with Gasteiger partial charge in [-0.05, 0) is 48.4 Å². The molecule has 9 nitrogen and oxygen atoms in total. The molecule has 0 amide bonds. The van der Waals surface area contributed by atoms with Gasteiger partial charge in [-0.3, -0.25) is 4.99 Å². The summed E-state index contributed by atoms with van der Waals surface area (Å²) in [6.07, 6.45) is 1.38. The Kier molecular flexibility index (Phi) is 6.26. The Morgan fingerprint density at radius 2 is 1.97 bits per heavy atom. The second-order valence-electron chi connectivity index (χ2n) is 8.43. The Hall–Kier alpha value is -4.08. The maximum Gasteiger partial charge on any atom is 0.333 e. The standard InChI is InChI=1S/C26H22ClN3O6/c1-26(14-31,25(32)33)28-13-15-5-7-18-21(11-15)36-30-24(18)29-19-4-2-3-17(23(19)27)16-6-8-20-22(12-16)35-10-9-34-20/h2-8,11-13,31H,9-10,14H2,1H3,(H,29,30)(H,32,33). The van der Waals surface area contributed by atoms with Crippen molar-refractivity contribution in [1.29, 1.82) is 0 Å². The Morgan fingerprint density at radius 3 is 2.75 bits per heavy atom. The van der Waals surface area contributed by atoms with Crippen LogP contribution in [0.1, 0.15) is 12.5 Å². The van der Waals surface area contributed by atoms with Gasteiger partial charge >= 0.3 is 5.97 Å². The van der Waals surface area contributed by atoms with Crippen molar-refractivity contribution in [3.8, 4) is 22.6 Å². The van der Waals surface area contributed by atoms with Crippen LogP contribution >= 0.6 is 11.6 Å². The highest BCUT2D eigenvalue weighted by Crippen LogP contribution is 2.40. The van der Waals surface area contributed by atoms with Crippen molar-refractivity contribution in [3.63, 3.8) is 0 Å². The van der Waals surface area contributed by atoms with E-state index in [-0.39, 0.29) is 0 Å². The molecule has 3 aromatic carbocycles. The number of fused-ring (bicyclic) bond motifs is 2. The van der Waals surface area contributed by atoms with Gasteiger partial charge in [0.2, 0.25) is 0 Å². The van der Waals surface area contributed by atoms with E-state index in [1.54, 1.807) is 18.2 Å². The molecule has 0 saturated heterocycles. The quantitative estimate of drug-likeness (QED) is 0.301. The Balaban J connectivity index is 1.41. The molecule has 1 aliphatic heterocycles. The lowest BCUT2D eigenvalue weighted by atomic mass is 10.0. The average molecular weight is 508 g/mol. The topological polar surface area (TPSA) is 126 Å². The van der Waals surface area contributed by atoms with Gasteiger partial charge in [-0.1, -0.05) is 41.0 Å². The zero-order valence-corrected chi connectivity index (χ0v) is 20.0. The number of carbonyl (C=O) groups is 1. The maximum absolute atomic E-state index is 11.3. The lowest BCUT2D eigenvalue weighted by molar-refractivity contribution is -0.143. The number of ether oxygens (including phenoxy) is 2. The molecule has 1 unspecified atom stereocenters. The Bertz CT molecular complexity index is 1480. The molecular formula is C26H22ClN3O6. The molecule has 0 bridgehead atoms. The van der Waals surface area contributed by atoms with Crippen molar-refractivity contribution < 1.29 is 29.0 Å². The monoisotopic (exact) mass is 507 g/mol. The van der Waals surface area contributed by atoms with E-state index in [9.17, 15) is 15.0 Å². The van der Waals surface area contributed by atoms with Gasteiger partial charge in [-0.25, -0.2) is 4.79 Å². The van der Waals surface area contributed by atoms with Crippen molar-refractivity contribution in [3.05, 3.63) is 65.2 Å². The van der Waals surface area contributed by atoms with Gasteiger partial charge < -0.3 is 29.5 Å². The van der Waals surface area contributed by atoms with Crippen LogP contribution in [-0.2, 0) is 4.79 Å². The van der Waals surface area contributed by atoms with Gasteiger partial charge in [0.25, 0.3) is 0 Å². The molecule has 5 rings (SSSR count). The summed E-state index contributed by atoms with van der Waals surface area (Å²) in [5, 5.41) is 27.2. The van der Waals surface area contributed by atoms with E-state index in [1.807, 2.05) is 36.4 Å². The summed E-state index contributed by atoms with van der Waals surface area (Å²) in [6, 6.07) is 16.6. The number of aliphatic hydroxyl groups excluding tert-OH is 1. The second kappa shape index (κ2) is 9.52. The number of aliphatic carboxylic acids is 1. The minimum absolute atomic E-state index is 0.473. The first-order valence-electron chi connectivity index (χ1n) is 11.1. The number of aliphatic imine (C=N–C) groups is 1. The number of rotatable bonds is 7. The number of carboxylic acids is 1. The highest BCUT2D eigenvalue weighted by Gasteiger charge is 2.31. The van der Waals surface area contributed by atoms with Crippen LogP contribution < -0.4 is 14.8 Å². The number of carboxylic acid groups (broad SMARTS) is 1. The highest BCUT2D eigenvalue weighted by molar-refractivity contribution is 6.36. The third kappa shape index (κ3) is 4.46. The van der Waals surface area contributed by atoms with Crippen molar-refractivity contribution in [2.45, 2.75) is 12.5 Å². The molecule has 1 aliphatic rings. The minimum Gasteiger partial charge on any atom is -0.486 e. The zero-order chi connectivity index (χ0) is 25.3. The first-order chi connectivity index (χ1) is 17.4. The molecule has 0 saturated carbocycles. The van der Waals surface area contributed by atoms with Crippen molar-refractivity contribution in [2.75, 3.05) is 25.1 Å². The Morgan fingerprint density at radius 1 is 1.17 bits per heavy atom. The van der Waals surface area contributed by atoms with Crippen LogP contribution in [0.2, 0.25) is 5.02 Å². The predicted molar refractivity (Wildman–Crippen MR) is 136 cm³/mol. The van der Waals surface area contributed by atoms with E-state index < -0.39 is 18.1 Å². The average Bonchev–Trinajstić information content (AvgIpc) is 3.30. The van der Waals surface area contributed by atoms with Crippen LogP contribution in [0.5, 0.6) is 11.5 Å². The molecule has 10 heteroatoms. The van der Waals surface area contributed by atoms with E-state index in [1.165, 1.54) is 13.1 Å². The third-order valence-corrected chi connectivity index (χ3v) is 6.28. The number of hydrogen-bond acceptors (Lipinski definition) is 8. The number of nitrogens with zero attached hydrogens (tertiary/aromatic N) is 2. The number of benzene rings is 3. The van der Waals surface area contributed by atoms with Crippen LogP contribution in [-0.4, -0.2) is 52.9 Å². The van der Waals surface area contributed by atoms with Crippen LogP contribution in [0.15, 0.2) is 64.1 Å². The fourth-order valence-electron chi connectivity index (χ4n) is 3.70. The number of hydrogen-bond donors (Lipinski definition) is 3. The van der Waals surface area contributed by atoms with Crippen molar-refractivity contribution in [2.24, 2.45) is 4.99 Å². The summed E-state index contributed by atoms with van der Waals surface area (Å²) in [7, 11) is 0. The minimum atomic E-state index is -1.62. The lowest BCUT2D eigenvalue weighted by Gasteiger charge is -2.19. The van der Waals surface area contributed by atoms with E-state index in [0.29, 0.717) is 57.8 Å². The van der Waals surface area contributed by atoms with Gasteiger partial charge in [-0.15, -0.1) is 0 Å². The summed E-state index contributed by atoms with van der Waals surface area (Å²) in [5.41, 5.74) is 1.80. The van der Waals surface area contributed by atoms with Gasteiger partial charge in [0.15, 0.2) is 28.4 Å². The molecule has 1 atom stereocenters. The fraction of sp³-hybridized carbons (Fsp3) is 0.192. The molecule has 0 radical (unpaired) electrons. The molecule has 3 N–H and O–H groups in total. The number of aliphatic hydroxyl groups is 1. The van der Waals surface area contributed by atoms with E-state index in [4.69, 9.17) is 25.6 Å². The van der Waals surface area contributed by atoms with Crippen molar-refractivity contribution >= 4 is 46.3 Å². The SMILES string of the molecule is CC(CO)(N=Cc1ccc2c(Nc3cccc(-c4ccc5c(c4)OCCO5)c3Cl)noc2c1)C(=O)O. The third-order valence-electron chi connectivity index (χ3n) is 5.87. The summed E-state index contributed by atoms with van der Waals surface area (Å²) in [4.78, 5) is 15.4. The molecule has 4 aromatic rings. The first-order valence-corrected chi connectivity index (χ1v) is 11.5. The van der Waals surface area contributed by atoms with Crippen LogP contribution in [0.4, 0.5) is 11.5 Å². The normalized spacial score (nSPS) is 14.6. The fourth-order valence-corrected chi connectivity index (χ4v) is 3.98. The molecular weight excluding hydrogens is 486 g/mol. The van der Waals surface area contributed by atoms with Gasteiger partial charge in [-0.2, -0.15) is 0 Å². The van der Waals surface area contributed by atoms with Crippen LogP contribution in [0, 0.1) is 0 Å². The molecule has 1 aromatic heterocycles. The van der Waals surface area contributed by atoms with Crippen molar-refractivity contribution in [1.82, 2.24) is 5.16 Å². The van der Waals surface area contributed by atoms with E-state index >= 15 is 0 Å². The molecule has 36 heavy (non-hydrogen) atoms. The largest absolute Gasteiger partial charge is 0.486 e. The second-order valence-corrected chi connectivity index (χ2v) is 8.81. The predicted octanol–water partition coefficient (Wildman–Crippen LogP) is 4.92. The van der Waals surface area contributed by atoms with Crippen LogP contribution in [0.25, 0.3) is 22.1 Å². The van der Waals surface area contributed by atoms with Crippen LogP contribution in [0.3, 0.4) is 0 Å². The molecule has 2 heterocycles.